The van der Waals surface area contributed by atoms with Gasteiger partial charge in [0.15, 0.2) is 0 Å². The van der Waals surface area contributed by atoms with Crippen molar-refractivity contribution in [2.24, 2.45) is 0 Å². The van der Waals surface area contributed by atoms with Crippen molar-refractivity contribution in [3.05, 3.63) is 35.4 Å². The summed E-state index contributed by atoms with van der Waals surface area (Å²) in [5, 5.41) is 0. The fraction of sp³-hybridized carbons (Fsp3) is 0.750. The van der Waals surface area contributed by atoms with Gasteiger partial charge in [-0.2, -0.15) is 0 Å². The molecule has 144 valence electrons. The molecule has 0 N–H and O–H groups in total. The molecule has 0 saturated heterocycles. The van der Waals surface area contributed by atoms with Crippen LogP contribution in [0, 0.1) is 0 Å². The van der Waals surface area contributed by atoms with E-state index in [2.05, 4.69) is 61.0 Å². The average Bonchev–Trinajstić information content (AvgIpc) is 2.63. The predicted molar refractivity (Wildman–Crippen MR) is 118 cm³/mol. The highest BCUT2D eigenvalue weighted by molar-refractivity contribution is 9.09. The summed E-state index contributed by atoms with van der Waals surface area (Å²) in [6, 6.07) is 8.99. The second-order valence-electron chi connectivity index (χ2n) is 7.85. The quantitative estimate of drug-likeness (QED) is 0.200. The molecule has 0 bridgehead atoms. The lowest BCUT2D eigenvalue weighted by atomic mass is 9.91. The number of hydrogen-bond donors (Lipinski definition) is 0. The SMILES string of the molecule is CCCCCCCCCCCCCCc1ccccc1C(C)(Br)CC. The van der Waals surface area contributed by atoms with E-state index >= 15 is 0 Å². The first kappa shape index (κ1) is 22.7. The minimum absolute atomic E-state index is 0.126. The van der Waals surface area contributed by atoms with Crippen molar-refractivity contribution in [3.63, 3.8) is 0 Å². The van der Waals surface area contributed by atoms with Crippen LogP contribution in [0.3, 0.4) is 0 Å². The molecule has 0 aliphatic heterocycles. The van der Waals surface area contributed by atoms with Gasteiger partial charge in [-0.3, -0.25) is 0 Å². The van der Waals surface area contributed by atoms with Gasteiger partial charge in [0.05, 0.1) is 0 Å². The summed E-state index contributed by atoms with van der Waals surface area (Å²) in [4.78, 5) is 0. The smallest absolute Gasteiger partial charge is 0.0478 e. The van der Waals surface area contributed by atoms with E-state index in [0.717, 1.165) is 6.42 Å². The molecule has 1 aromatic carbocycles. The summed E-state index contributed by atoms with van der Waals surface area (Å²) >= 11 is 3.92. The van der Waals surface area contributed by atoms with Crippen LogP contribution in [0.2, 0.25) is 0 Å². The number of alkyl halides is 1. The Morgan fingerprint density at radius 1 is 0.720 bits per heavy atom. The standard InChI is InChI=1S/C24H41Br/c1-4-6-7-8-9-10-11-12-13-14-15-16-19-22-20-17-18-21-23(22)24(3,25)5-2/h17-18,20-21H,4-16,19H2,1-3H3. The molecular formula is C24H41Br. The molecule has 0 heterocycles. The Bertz CT molecular complexity index is 435. The third-order valence-electron chi connectivity index (χ3n) is 5.54. The van der Waals surface area contributed by atoms with Crippen LogP contribution in [-0.2, 0) is 10.7 Å². The average molecular weight is 409 g/mol. The van der Waals surface area contributed by atoms with E-state index in [-0.39, 0.29) is 4.32 Å². The van der Waals surface area contributed by atoms with Crippen molar-refractivity contribution in [1.82, 2.24) is 0 Å². The third kappa shape index (κ3) is 9.83. The van der Waals surface area contributed by atoms with Gasteiger partial charge in [0.2, 0.25) is 0 Å². The number of unbranched alkanes of at least 4 members (excludes halogenated alkanes) is 11. The van der Waals surface area contributed by atoms with E-state index in [1.54, 1.807) is 0 Å². The molecule has 1 unspecified atom stereocenters. The van der Waals surface area contributed by atoms with E-state index in [4.69, 9.17) is 0 Å². The highest BCUT2D eigenvalue weighted by atomic mass is 79.9. The Morgan fingerprint density at radius 2 is 1.20 bits per heavy atom. The summed E-state index contributed by atoms with van der Waals surface area (Å²) in [6.45, 7) is 6.85. The van der Waals surface area contributed by atoms with Crippen LogP contribution in [-0.4, -0.2) is 0 Å². The zero-order valence-corrected chi connectivity index (χ0v) is 18.7. The third-order valence-corrected chi connectivity index (χ3v) is 6.53. The van der Waals surface area contributed by atoms with Gasteiger partial charge >= 0.3 is 0 Å². The minimum Gasteiger partial charge on any atom is -0.0804 e. The molecule has 0 spiro atoms. The summed E-state index contributed by atoms with van der Waals surface area (Å²) in [5.41, 5.74) is 3.02. The van der Waals surface area contributed by atoms with E-state index < -0.39 is 0 Å². The van der Waals surface area contributed by atoms with Crippen molar-refractivity contribution in [2.75, 3.05) is 0 Å². The Morgan fingerprint density at radius 3 is 1.72 bits per heavy atom. The van der Waals surface area contributed by atoms with Gasteiger partial charge in [-0.15, -0.1) is 0 Å². The fourth-order valence-electron chi connectivity index (χ4n) is 3.59. The van der Waals surface area contributed by atoms with Gasteiger partial charge in [0, 0.05) is 4.32 Å². The molecule has 0 fully saturated rings. The lowest BCUT2D eigenvalue weighted by molar-refractivity contribution is 0.543. The van der Waals surface area contributed by atoms with Crippen LogP contribution >= 0.6 is 15.9 Å². The molecule has 0 aliphatic rings. The second-order valence-corrected chi connectivity index (χ2v) is 9.60. The van der Waals surface area contributed by atoms with Crippen molar-refractivity contribution in [2.45, 2.75) is 115 Å². The zero-order chi connectivity index (χ0) is 18.4. The van der Waals surface area contributed by atoms with Gasteiger partial charge in [-0.1, -0.05) is 125 Å². The molecule has 0 nitrogen and oxygen atoms in total. The summed E-state index contributed by atoms with van der Waals surface area (Å²) in [6.07, 6.45) is 19.4. The lowest BCUT2D eigenvalue weighted by Crippen LogP contribution is -2.14. The van der Waals surface area contributed by atoms with Crippen LogP contribution in [0.5, 0.6) is 0 Å². The molecule has 1 aromatic rings. The molecule has 0 radical (unpaired) electrons. The Labute approximate surface area is 166 Å². The first-order valence-electron chi connectivity index (χ1n) is 10.9. The van der Waals surface area contributed by atoms with Crippen molar-refractivity contribution in [1.29, 1.82) is 0 Å². The van der Waals surface area contributed by atoms with Crippen molar-refractivity contribution >= 4 is 15.9 Å². The molecule has 1 rings (SSSR count). The van der Waals surface area contributed by atoms with Crippen LogP contribution < -0.4 is 0 Å². The van der Waals surface area contributed by atoms with Gasteiger partial charge < -0.3 is 0 Å². The number of rotatable bonds is 15. The fourth-order valence-corrected chi connectivity index (χ4v) is 3.98. The highest BCUT2D eigenvalue weighted by Gasteiger charge is 2.22. The maximum Gasteiger partial charge on any atom is 0.0478 e. The summed E-state index contributed by atoms with van der Waals surface area (Å²) in [7, 11) is 0. The van der Waals surface area contributed by atoms with Crippen molar-refractivity contribution in [3.8, 4) is 0 Å². The monoisotopic (exact) mass is 408 g/mol. The van der Waals surface area contributed by atoms with Gasteiger partial charge in [0.25, 0.3) is 0 Å². The molecule has 25 heavy (non-hydrogen) atoms. The number of benzene rings is 1. The topological polar surface area (TPSA) is 0 Å². The first-order valence-corrected chi connectivity index (χ1v) is 11.7. The van der Waals surface area contributed by atoms with Crippen molar-refractivity contribution < 1.29 is 0 Å². The maximum atomic E-state index is 3.92. The van der Waals surface area contributed by atoms with E-state index in [1.807, 2.05) is 0 Å². The predicted octanol–water partition coefficient (Wildman–Crippen LogP) is 8.95. The minimum atomic E-state index is 0.126. The van der Waals surface area contributed by atoms with Crippen LogP contribution in [0.25, 0.3) is 0 Å². The summed E-state index contributed by atoms with van der Waals surface area (Å²) < 4.78 is 0.126. The first-order chi connectivity index (χ1) is 12.1. The largest absolute Gasteiger partial charge is 0.0804 e. The molecular weight excluding hydrogens is 368 g/mol. The van der Waals surface area contributed by atoms with Gasteiger partial charge in [-0.25, -0.2) is 0 Å². The second kappa shape index (κ2) is 13.8. The maximum absolute atomic E-state index is 3.92. The lowest BCUT2D eigenvalue weighted by Gasteiger charge is -2.24. The molecule has 0 aliphatic carbocycles. The number of halogens is 1. The van der Waals surface area contributed by atoms with Crippen LogP contribution in [0.4, 0.5) is 0 Å². The molecule has 1 heteroatoms. The molecule has 0 amide bonds. The van der Waals surface area contributed by atoms with E-state index in [9.17, 15) is 0 Å². The zero-order valence-electron chi connectivity index (χ0n) is 17.1. The number of aryl methyl sites for hydroxylation is 1. The molecule has 0 aromatic heterocycles. The Kier molecular flexibility index (Phi) is 12.6. The Balaban J connectivity index is 2.09. The van der Waals surface area contributed by atoms with Gasteiger partial charge in [0.1, 0.15) is 0 Å². The highest BCUT2D eigenvalue weighted by Crippen LogP contribution is 2.36. The van der Waals surface area contributed by atoms with E-state index in [1.165, 1.54) is 94.6 Å². The summed E-state index contributed by atoms with van der Waals surface area (Å²) in [5.74, 6) is 0. The normalized spacial score (nSPS) is 13.8. The van der Waals surface area contributed by atoms with Crippen LogP contribution in [0.15, 0.2) is 24.3 Å². The molecule has 1 atom stereocenters. The Hall–Kier alpha value is -0.300. The molecule has 0 saturated carbocycles. The number of hydrogen-bond acceptors (Lipinski definition) is 0. The van der Waals surface area contributed by atoms with E-state index in [0.29, 0.717) is 0 Å². The van der Waals surface area contributed by atoms with Gasteiger partial charge in [-0.05, 0) is 37.3 Å². The van der Waals surface area contributed by atoms with Crippen LogP contribution in [0.1, 0.15) is 115 Å².